The smallest absolute Gasteiger partial charge is 0.200 e. The summed E-state index contributed by atoms with van der Waals surface area (Å²) in [5.74, 6) is 0. The molecule has 1 heterocycles. The summed E-state index contributed by atoms with van der Waals surface area (Å²) < 4.78 is 2.31. The molecule has 0 unspecified atom stereocenters. The van der Waals surface area contributed by atoms with Gasteiger partial charge in [-0.1, -0.05) is 71.0 Å². The molecule has 0 bridgehead atoms. The Bertz CT molecular complexity index is 1110. The standard InChI is InChI=1S/C29H42NSi/c1-11-23-19-27(22(6)20(4)21(23)5)28-26-15-14-25(18-24(26)16-17-30(28)10)31(12-2,13-3)29(7,8)9/h14-19H,11-13H2,1-10H3/q+1. The Labute approximate surface area is 191 Å². The van der Waals surface area contributed by atoms with Gasteiger partial charge in [0.2, 0.25) is 5.69 Å². The van der Waals surface area contributed by atoms with Gasteiger partial charge >= 0.3 is 0 Å². The van der Waals surface area contributed by atoms with Crippen molar-refractivity contribution in [1.29, 1.82) is 0 Å². The molecule has 0 aliphatic carbocycles. The van der Waals surface area contributed by atoms with Gasteiger partial charge in [-0.15, -0.1) is 0 Å². The molecule has 166 valence electrons. The number of benzene rings is 2. The Morgan fingerprint density at radius 1 is 0.839 bits per heavy atom. The van der Waals surface area contributed by atoms with E-state index in [1.54, 1.807) is 5.19 Å². The maximum atomic E-state index is 2.53. The third kappa shape index (κ3) is 3.78. The highest BCUT2D eigenvalue weighted by Gasteiger charge is 2.42. The molecule has 2 heteroatoms. The number of aromatic nitrogens is 1. The molecule has 0 spiro atoms. The number of hydrogen-bond acceptors (Lipinski definition) is 0. The van der Waals surface area contributed by atoms with Crippen LogP contribution in [0.25, 0.3) is 22.0 Å². The Hall–Kier alpha value is -1.93. The van der Waals surface area contributed by atoms with E-state index in [0.717, 1.165) is 6.42 Å². The van der Waals surface area contributed by atoms with E-state index in [4.69, 9.17) is 0 Å². The molecule has 3 rings (SSSR count). The van der Waals surface area contributed by atoms with E-state index < -0.39 is 8.07 Å². The minimum Gasteiger partial charge on any atom is -0.200 e. The number of fused-ring (bicyclic) bond motifs is 1. The fourth-order valence-electron chi connectivity index (χ4n) is 5.89. The Balaban J connectivity index is 2.33. The van der Waals surface area contributed by atoms with Crippen molar-refractivity contribution in [2.45, 2.75) is 85.9 Å². The first-order valence-corrected chi connectivity index (χ1v) is 14.5. The predicted molar refractivity (Wildman–Crippen MR) is 140 cm³/mol. The SMILES string of the molecule is CCc1cc(-c2c3ccc([Si](CC)(CC)C(C)(C)C)cc3cc[n+]2C)c(C)c(C)c1C. The van der Waals surface area contributed by atoms with Gasteiger partial charge in [0.15, 0.2) is 6.20 Å². The molecule has 0 aliphatic heterocycles. The van der Waals surface area contributed by atoms with Gasteiger partial charge < -0.3 is 0 Å². The predicted octanol–water partition coefficient (Wildman–Crippen LogP) is 7.31. The minimum absolute atomic E-state index is 0.354. The summed E-state index contributed by atoms with van der Waals surface area (Å²) in [6.07, 6.45) is 3.32. The van der Waals surface area contributed by atoms with Crippen molar-refractivity contribution >= 4 is 24.0 Å². The van der Waals surface area contributed by atoms with Crippen molar-refractivity contribution in [2.75, 3.05) is 0 Å². The quantitative estimate of drug-likeness (QED) is 0.294. The van der Waals surface area contributed by atoms with Crippen LogP contribution in [-0.4, -0.2) is 8.07 Å². The summed E-state index contributed by atoms with van der Waals surface area (Å²) in [7, 11) is 0.592. The van der Waals surface area contributed by atoms with Crippen molar-refractivity contribution in [3.05, 3.63) is 58.8 Å². The van der Waals surface area contributed by atoms with Crippen LogP contribution in [-0.2, 0) is 13.5 Å². The normalized spacial score (nSPS) is 12.6. The highest BCUT2D eigenvalue weighted by Crippen LogP contribution is 2.42. The molecule has 31 heavy (non-hydrogen) atoms. The first-order valence-electron chi connectivity index (χ1n) is 12.0. The number of hydrogen-bond donors (Lipinski definition) is 0. The van der Waals surface area contributed by atoms with Crippen LogP contribution in [0, 0.1) is 20.8 Å². The topological polar surface area (TPSA) is 3.88 Å². The molecule has 1 aromatic heterocycles. The molecule has 0 fully saturated rings. The Morgan fingerprint density at radius 2 is 1.48 bits per heavy atom. The summed E-state index contributed by atoms with van der Waals surface area (Å²) in [4.78, 5) is 0. The van der Waals surface area contributed by atoms with Crippen LogP contribution in [0.1, 0.15) is 63.8 Å². The molecular formula is C29H42NSi+. The molecule has 0 saturated heterocycles. The lowest BCUT2D eigenvalue weighted by molar-refractivity contribution is -0.659. The van der Waals surface area contributed by atoms with Crippen LogP contribution in [0.5, 0.6) is 0 Å². The molecule has 0 saturated carbocycles. The van der Waals surface area contributed by atoms with Gasteiger partial charge in [0.25, 0.3) is 0 Å². The number of pyridine rings is 1. The maximum Gasteiger partial charge on any atom is 0.220 e. The molecule has 0 aliphatic rings. The number of nitrogens with zero attached hydrogens (tertiary/aromatic N) is 1. The van der Waals surface area contributed by atoms with Crippen LogP contribution in [0.4, 0.5) is 0 Å². The summed E-state index contributed by atoms with van der Waals surface area (Å²) in [5, 5.41) is 4.71. The van der Waals surface area contributed by atoms with E-state index in [1.807, 2.05) is 0 Å². The van der Waals surface area contributed by atoms with Gasteiger partial charge in [0.1, 0.15) is 7.05 Å². The summed E-state index contributed by atoms with van der Waals surface area (Å²) in [6, 6.07) is 14.7. The number of aryl methyl sites for hydroxylation is 2. The van der Waals surface area contributed by atoms with Crippen molar-refractivity contribution < 1.29 is 4.57 Å². The Morgan fingerprint density at radius 3 is 2.03 bits per heavy atom. The zero-order chi connectivity index (χ0) is 23.1. The van der Waals surface area contributed by atoms with Crippen LogP contribution in [0.2, 0.25) is 17.1 Å². The maximum absolute atomic E-state index is 2.53. The molecular weight excluding hydrogens is 390 g/mol. The largest absolute Gasteiger partial charge is 0.220 e. The molecule has 0 atom stereocenters. The van der Waals surface area contributed by atoms with Crippen molar-refractivity contribution in [3.63, 3.8) is 0 Å². The summed E-state index contributed by atoms with van der Waals surface area (Å²) in [6.45, 7) is 21.3. The van der Waals surface area contributed by atoms with Gasteiger partial charge in [0.05, 0.1) is 19.0 Å². The fraction of sp³-hybridized carbons (Fsp3) is 0.483. The van der Waals surface area contributed by atoms with Crippen molar-refractivity contribution in [1.82, 2.24) is 0 Å². The lowest BCUT2D eigenvalue weighted by atomic mass is 9.90. The average molecular weight is 433 g/mol. The highest BCUT2D eigenvalue weighted by atomic mass is 28.3. The fourth-order valence-corrected chi connectivity index (χ4v) is 11.0. The third-order valence-corrected chi connectivity index (χ3v) is 15.0. The summed E-state index contributed by atoms with van der Waals surface area (Å²) >= 11 is 0. The molecule has 0 amide bonds. The van der Waals surface area contributed by atoms with E-state index >= 15 is 0 Å². The van der Waals surface area contributed by atoms with Gasteiger partial charge in [-0.05, 0) is 72.0 Å². The van der Waals surface area contributed by atoms with E-state index in [2.05, 4.69) is 110 Å². The van der Waals surface area contributed by atoms with E-state index in [9.17, 15) is 0 Å². The van der Waals surface area contributed by atoms with Gasteiger partial charge in [-0.3, -0.25) is 0 Å². The van der Waals surface area contributed by atoms with Crippen LogP contribution in [0.3, 0.4) is 0 Å². The lowest BCUT2D eigenvalue weighted by Crippen LogP contribution is -2.53. The average Bonchev–Trinajstić information content (AvgIpc) is 2.73. The van der Waals surface area contributed by atoms with E-state index in [0.29, 0.717) is 5.04 Å². The summed E-state index contributed by atoms with van der Waals surface area (Å²) in [5.41, 5.74) is 8.46. The van der Waals surface area contributed by atoms with Crippen molar-refractivity contribution in [3.8, 4) is 11.3 Å². The van der Waals surface area contributed by atoms with Gasteiger partial charge in [-0.25, -0.2) is 4.57 Å². The molecule has 0 N–H and O–H groups in total. The third-order valence-electron chi connectivity index (χ3n) is 8.30. The minimum atomic E-state index is -1.60. The molecule has 0 radical (unpaired) electrons. The van der Waals surface area contributed by atoms with Crippen LogP contribution >= 0.6 is 0 Å². The van der Waals surface area contributed by atoms with Crippen molar-refractivity contribution in [2.24, 2.45) is 7.05 Å². The van der Waals surface area contributed by atoms with E-state index in [1.165, 1.54) is 56.4 Å². The monoisotopic (exact) mass is 432 g/mol. The highest BCUT2D eigenvalue weighted by molar-refractivity contribution is 6.94. The first kappa shape index (κ1) is 23.7. The second-order valence-electron chi connectivity index (χ2n) is 10.4. The molecule has 1 nitrogen and oxygen atoms in total. The Kier molecular flexibility index (Phi) is 6.54. The van der Waals surface area contributed by atoms with E-state index in [-0.39, 0.29) is 0 Å². The zero-order valence-electron chi connectivity index (χ0n) is 21.5. The lowest BCUT2D eigenvalue weighted by Gasteiger charge is -2.42. The molecule has 3 aromatic rings. The molecule has 2 aromatic carbocycles. The van der Waals surface area contributed by atoms with Gasteiger partial charge in [-0.2, -0.15) is 0 Å². The second-order valence-corrected chi connectivity index (χ2v) is 16.1. The van der Waals surface area contributed by atoms with Crippen LogP contribution < -0.4 is 9.75 Å². The number of rotatable bonds is 5. The zero-order valence-corrected chi connectivity index (χ0v) is 22.5. The second kappa shape index (κ2) is 8.54. The first-order chi connectivity index (χ1) is 14.5. The van der Waals surface area contributed by atoms with Gasteiger partial charge in [0, 0.05) is 6.07 Å². The van der Waals surface area contributed by atoms with Crippen LogP contribution in [0.15, 0.2) is 36.5 Å².